The molecule has 3 rings (SSSR count). The molecule has 1 aromatic rings. The molecule has 2 aliphatic rings. The first-order valence-electron chi connectivity index (χ1n) is 9.26. The zero-order valence-corrected chi connectivity index (χ0v) is 16.0. The number of hydrogen-bond donors (Lipinski definition) is 0. The maximum absolute atomic E-state index is 12.9. The number of carbonyl (C=O) groups excluding carboxylic acids is 2. The van der Waals surface area contributed by atoms with E-state index < -0.39 is 5.92 Å². The molecule has 138 valence electrons. The van der Waals surface area contributed by atoms with Gasteiger partial charge in [0.1, 0.15) is 5.92 Å². The molecular weight excluding hydrogens is 350 g/mol. The van der Waals surface area contributed by atoms with Crippen molar-refractivity contribution in [1.82, 2.24) is 0 Å². The lowest BCUT2D eigenvalue weighted by atomic mass is 9.72. The number of Topliss-reactive ketones (excluding diaryl/α,β-unsaturated/α-hetero) is 1. The number of esters is 1. The minimum absolute atomic E-state index is 0.0823. The summed E-state index contributed by atoms with van der Waals surface area (Å²) in [6, 6.07) is 7.41. The van der Waals surface area contributed by atoms with Crippen LogP contribution in [0.1, 0.15) is 57.4 Å². The van der Waals surface area contributed by atoms with E-state index in [9.17, 15) is 9.59 Å². The van der Waals surface area contributed by atoms with Crippen LogP contribution < -0.4 is 0 Å². The van der Waals surface area contributed by atoms with E-state index in [4.69, 9.17) is 16.3 Å². The molecule has 0 spiro atoms. The number of ether oxygens (including phenoxy) is 1. The SMILES string of the molecule is CCCCOC(=O)C1C(C)=NC2=C(C(=O)CCC2)[C@H]1c1cccc(Cl)c1. The fourth-order valence-corrected chi connectivity index (χ4v) is 3.98. The van der Waals surface area contributed by atoms with Crippen molar-refractivity contribution in [2.45, 2.75) is 51.9 Å². The summed E-state index contributed by atoms with van der Waals surface area (Å²) in [6.45, 7) is 4.29. The second kappa shape index (κ2) is 8.17. The highest BCUT2D eigenvalue weighted by Crippen LogP contribution is 2.43. The molecule has 0 N–H and O–H groups in total. The number of rotatable bonds is 5. The van der Waals surface area contributed by atoms with Crippen LogP contribution in [0.15, 0.2) is 40.5 Å². The molecule has 1 aliphatic carbocycles. The molecule has 26 heavy (non-hydrogen) atoms. The molecule has 0 saturated heterocycles. The van der Waals surface area contributed by atoms with Gasteiger partial charge in [0.15, 0.2) is 5.78 Å². The number of ketones is 1. The van der Waals surface area contributed by atoms with Gasteiger partial charge in [0.05, 0.1) is 6.61 Å². The second-order valence-electron chi connectivity index (χ2n) is 6.92. The maximum atomic E-state index is 12.9. The Hall–Kier alpha value is -1.94. The lowest BCUT2D eigenvalue weighted by Gasteiger charge is -2.34. The Labute approximate surface area is 159 Å². The number of allylic oxidation sites excluding steroid dienone is 2. The van der Waals surface area contributed by atoms with E-state index in [0.29, 0.717) is 29.3 Å². The Balaban J connectivity index is 2.04. The number of nitrogens with zero attached hydrogens (tertiary/aromatic N) is 1. The molecule has 1 aliphatic heterocycles. The molecule has 4 nitrogen and oxygen atoms in total. The van der Waals surface area contributed by atoms with Crippen molar-refractivity contribution >= 4 is 29.1 Å². The molecule has 1 unspecified atom stereocenters. The highest BCUT2D eigenvalue weighted by Gasteiger charge is 2.43. The lowest BCUT2D eigenvalue weighted by molar-refractivity contribution is -0.146. The first-order chi connectivity index (χ1) is 12.5. The number of halogens is 1. The summed E-state index contributed by atoms with van der Waals surface area (Å²) in [5.74, 6) is -1.18. The summed E-state index contributed by atoms with van der Waals surface area (Å²) in [4.78, 5) is 30.2. The minimum Gasteiger partial charge on any atom is -0.465 e. The molecule has 0 fully saturated rings. The van der Waals surface area contributed by atoms with E-state index in [-0.39, 0.29) is 17.7 Å². The summed E-state index contributed by atoms with van der Waals surface area (Å²) in [5, 5.41) is 0.589. The molecular formula is C21H24ClNO3. The van der Waals surface area contributed by atoms with Crippen LogP contribution in [-0.4, -0.2) is 24.1 Å². The van der Waals surface area contributed by atoms with Crippen molar-refractivity contribution in [2.75, 3.05) is 6.61 Å². The van der Waals surface area contributed by atoms with Crippen molar-refractivity contribution < 1.29 is 14.3 Å². The molecule has 0 saturated carbocycles. The third-order valence-corrected chi connectivity index (χ3v) is 5.27. The first kappa shape index (κ1) is 18.8. The quantitative estimate of drug-likeness (QED) is 0.546. The van der Waals surface area contributed by atoms with Crippen LogP contribution in [0.2, 0.25) is 5.02 Å². The normalized spacial score (nSPS) is 22.7. The van der Waals surface area contributed by atoms with Gasteiger partial charge < -0.3 is 4.74 Å². The Morgan fingerprint density at radius 2 is 2.15 bits per heavy atom. The van der Waals surface area contributed by atoms with Crippen LogP contribution in [-0.2, 0) is 14.3 Å². The average Bonchev–Trinajstić information content (AvgIpc) is 2.61. The summed E-state index contributed by atoms with van der Waals surface area (Å²) in [7, 11) is 0. The topological polar surface area (TPSA) is 55.7 Å². The fraction of sp³-hybridized carbons (Fsp3) is 0.476. The molecule has 5 heteroatoms. The minimum atomic E-state index is -0.578. The van der Waals surface area contributed by atoms with E-state index in [1.54, 1.807) is 6.07 Å². The monoisotopic (exact) mass is 373 g/mol. The smallest absolute Gasteiger partial charge is 0.315 e. The summed E-state index contributed by atoms with van der Waals surface area (Å²) in [6.07, 6.45) is 3.86. The van der Waals surface area contributed by atoms with Gasteiger partial charge in [-0.3, -0.25) is 14.6 Å². The summed E-state index contributed by atoms with van der Waals surface area (Å²) in [5.41, 5.74) is 3.07. The van der Waals surface area contributed by atoms with Crippen LogP contribution in [0.4, 0.5) is 0 Å². The van der Waals surface area contributed by atoms with Gasteiger partial charge in [-0.15, -0.1) is 0 Å². The molecule has 0 amide bonds. The molecule has 0 aromatic heterocycles. The highest BCUT2D eigenvalue weighted by atomic mass is 35.5. The Morgan fingerprint density at radius 1 is 1.35 bits per heavy atom. The predicted molar refractivity (Wildman–Crippen MR) is 103 cm³/mol. The van der Waals surface area contributed by atoms with Gasteiger partial charge in [-0.25, -0.2) is 0 Å². The van der Waals surface area contributed by atoms with Crippen LogP contribution in [0, 0.1) is 5.92 Å². The van der Waals surface area contributed by atoms with E-state index in [1.807, 2.05) is 32.0 Å². The molecule has 0 radical (unpaired) electrons. The van der Waals surface area contributed by atoms with Gasteiger partial charge in [0.2, 0.25) is 0 Å². The summed E-state index contributed by atoms with van der Waals surface area (Å²) < 4.78 is 5.50. The third-order valence-electron chi connectivity index (χ3n) is 5.04. The molecule has 1 heterocycles. The van der Waals surface area contributed by atoms with Crippen LogP contribution >= 0.6 is 11.6 Å². The molecule has 2 atom stereocenters. The zero-order valence-electron chi connectivity index (χ0n) is 15.3. The van der Waals surface area contributed by atoms with E-state index in [0.717, 1.165) is 36.9 Å². The van der Waals surface area contributed by atoms with Crippen molar-refractivity contribution in [2.24, 2.45) is 10.9 Å². The third kappa shape index (κ3) is 3.75. The molecule has 0 bridgehead atoms. The first-order valence-corrected chi connectivity index (χ1v) is 9.64. The number of benzene rings is 1. The Bertz CT molecular complexity index is 781. The van der Waals surface area contributed by atoms with Gasteiger partial charge in [-0.2, -0.15) is 0 Å². The summed E-state index contributed by atoms with van der Waals surface area (Å²) >= 11 is 6.19. The van der Waals surface area contributed by atoms with Gasteiger partial charge >= 0.3 is 5.97 Å². The highest BCUT2D eigenvalue weighted by molar-refractivity contribution is 6.30. The van der Waals surface area contributed by atoms with Gasteiger partial charge in [0, 0.05) is 34.3 Å². The maximum Gasteiger partial charge on any atom is 0.315 e. The largest absolute Gasteiger partial charge is 0.465 e. The van der Waals surface area contributed by atoms with Gasteiger partial charge in [-0.1, -0.05) is 37.1 Å². The van der Waals surface area contributed by atoms with Crippen molar-refractivity contribution in [1.29, 1.82) is 0 Å². The van der Waals surface area contributed by atoms with Gasteiger partial charge in [-0.05, 0) is 43.9 Å². The fourth-order valence-electron chi connectivity index (χ4n) is 3.78. The van der Waals surface area contributed by atoms with Gasteiger partial charge in [0.25, 0.3) is 0 Å². The Kier molecular flexibility index (Phi) is 5.92. The van der Waals surface area contributed by atoms with Crippen molar-refractivity contribution in [3.05, 3.63) is 46.1 Å². The molecule has 1 aromatic carbocycles. The number of aliphatic imine (C=N–C) groups is 1. The van der Waals surface area contributed by atoms with E-state index >= 15 is 0 Å². The zero-order chi connectivity index (χ0) is 18.7. The number of hydrogen-bond acceptors (Lipinski definition) is 4. The van der Waals surface area contributed by atoms with E-state index in [2.05, 4.69) is 4.99 Å². The predicted octanol–water partition coefficient (Wildman–Crippen LogP) is 4.86. The Morgan fingerprint density at radius 3 is 2.88 bits per heavy atom. The standard InChI is InChI=1S/C21H24ClNO3/c1-3-4-11-26-21(25)18-13(2)23-16-9-6-10-17(24)20(16)19(18)14-7-5-8-15(22)12-14/h5,7-8,12,18-19H,3-4,6,9-11H2,1-2H3/t18?,19-/m0/s1. The van der Waals surface area contributed by atoms with Crippen LogP contribution in [0.5, 0.6) is 0 Å². The van der Waals surface area contributed by atoms with Crippen molar-refractivity contribution in [3.63, 3.8) is 0 Å². The van der Waals surface area contributed by atoms with E-state index in [1.165, 1.54) is 0 Å². The van der Waals surface area contributed by atoms with Crippen LogP contribution in [0.3, 0.4) is 0 Å². The number of unbranched alkanes of at least 4 members (excludes halogenated alkanes) is 1. The number of carbonyl (C=O) groups is 2. The second-order valence-corrected chi connectivity index (χ2v) is 7.36. The average molecular weight is 374 g/mol. The van der Waals surface area contributed by atoms with Crippen LogP contribution in [0.25, 0.3) is 0 Å². The van der Waals surface area contributed by atoms with Crippen molar-refractivity contribution in [3.8, 4) is 0 Å². The lowest BCUT2D eigenvalue weighted by Crippen LogP contribution is -2.37.